The highest BCUT2D eigenvalue weighted by atomic mass is 32.1. The predicted octanol–water partition coefficient (Wildman–Crippen LogP) is 4.35. The Labute approximate surface area is 179 Å². The summed E-state index contributed by atoms with van der Waals surface area (Å²) >= 11 is 1.22. The second kappa shape index (κ2) is 10.0. The largest absolute Gasteiger partial charge is 0.388 e. The number of amides is 1. The molecule has 3 rings (SSSR count). The zero-order valence-electron chi connectivity index (χ0n) is 22.0. The number of nitrogens with two attached hydrogens (primary N) is 1. The van der Waals surface area contributed by atoms with Crippen molar-refractivity contribution in [2.45, 2.75) is 38.0 Å². The average molecular weight is 403 g/mol. The molecule has 0 fully saturated rings. The van der Waals surface area contributed by atoms with Crippen molar-refractivity contribution in [3.8, 4) is 0 Å². The smallest absolute Gasteiger partial charge is 0.230 e. The number of anilines is 2. The second-order valence-electron chi connectivity index (χ2n) is 5.85. The summed E-state index contributed by atoms with van der Waals surface area (Å²) in [6.07, 6.45) is -12.2. The quantitative estimate of drug-likeness (QED) is 0.496. The molecule has 0 aliphatic rings. The number of aromatic nitrogens is 1. The summed E-state index contributed by atoms with van der Waals surface area (Å²) in [7, 11) is 0. The van der Waals surface area contributed by atoms with Gasteiger partial charge in [-0.05, 0) is 42.4 Å². The van der Waals surface area contributed by atoms with E-state index in [1.54, 1.807) is 11.4 Å². The topological polar surface area (TPSA) is 88.2 Å². The first-order valence-electron chi connectivity index (χ1n) is 12.0. The van der Waals surface area contributed by atoms with Crippen LogP contribution in [0, 0.1) is 0 Å². The molecule has 0 radical (unpaired) electrons. The Kier molecular flexibility index (Phi) is 4.54. The molecule has 0 bridgehead atoms. The van der Waals surface area contributed by atoms with Gasteiger partial charge in [-0.25, -0.2) is 4.98 Å². The van der Waals surface area contributed by atoms with Crippen LogP contribution < -0.4 is 11.1 Å². The summed E-state index contributed by atoms with van der Waals surface area (Å²) in [5, 5.41) is 15.3. The molecule has 0 aliphatic carbocycles. The van der Waals surface area contributed by atoms with Crippen LogP contribution >= 0.6 is 11.3 Å². The van der Waals surface area contributed by atoms with E-state index in [-0.39, 0.29) is 23.5 Å². The van der Waals surface area contributed by atoms with Crippen molar-refractivity contribution in [1.82, 2.24) is 4.98 Å². The Bertz CT molecular complexity index is 1170. The molecule has 3 aromatic rings. The molecule has 1 heterocycles. The van der Waals surface area contributed by atoms with Crippen molar-refractivity contribution in [3.63, 3.8) is 0 Å². The van der Waals surface area contributed by atoms with E-state index in [9.17, 15) is 9.90 Å². The Morgan fingerprint density at radius 2 is 2.00 bits per heavy atom. The Hall–Kier alpha value is -2.70. The van der Waals surface area contributed by atoms with E-state index >= 15 is 0 Å². The van der Waals surface area contributed by atoms with Crippen molar-refractivity contribution < 1.29 is 19.5 Å². The van der Waals surface area contributed by atoms with Gasteiger partial charge in [0.15, 0.2) is 5.13 Å². The van der Waals surface area contributed by atoms with E-state index in [1.165, 1.54) is 59.9 Å². The molecule has 146 valence electrons. The number of nitrogens with one attached hydrogen (secondary N) is 1. The summed E-state index contributed by atoms with van der Waals surface area (Å²) in [6.45, 7) is 0. The van der Waals surface area contributed by atoms with Crippen molar-refractivity contribution in [2.75, 3.05) is 11.1 Å². The lowest BCUT2D eigenvalue weighted by molar-refractivity contribution is -0.115. The minimum Gasteiger partial charge on any atom is -0.388 e. The summed E-state index contributed by atoms with van der Waals surface area (Å²) in [6, 6.07) is 12.8. The Morgan fingerprint density at radius 1 is 1.25 bits per heavy atom. The maximum atomic E-state index is 12.2. The Balaban J connectivity index is 1.74. The third-order valence-corrected chi connectivity index (χ3v) is 4.43. The number of benzene rings is 2. The highest BCUT2D eigenvalue weighted by Gasteiger charge is 2.08. The number of thiazole rings is 1. The van der Waals surface area contributed by atoms with Crippen LogP contribution in [0.2, 0.25) is 0 Å². The van der Waals surface area contributed by atoms with Gasteiger partial charge < -0.3 is 16.2 Å². The van der Waals surface area contributed by atoms with Gasteiger partial charge in [0, 0.05) is 19.3 Å². The number of hydrogen-bond acceptors (Lipinski definition) is 5. The first kappa shape index (κ1) is 12.7. The third-order valence-electron chi connectivity index (χ3n) is 3.70. The second-order valence-corrected chi connectivity index (χ2v) is 6.74. The normalized spacial score (nSPS) is 18.2. The van der Waals surface area contributed by atoms with Gasteiger partial charge in [0.2, 0.25) is 5.91 Å². The van der Waals surface area contributed by atoms with Gasteiger partial charge in [-0.3, -0.25) is 4.79 Å². The monoisotopic (exact) mass is 402 g/mol. The van der Waals surface area contributed by atoms with Gasteiger partial charge in [0.1, 0.15) is 0 Å². The number of rotatable bonds is 9. The molecule has 4 N–H and O–H groups in total. The van der Waals surface area contributed by atoms with E-state index in [1.807, 2.05) is 0 Å². The molecule has 1 atom stereocenters. The number of carbonyl (C=O) groups is 1. The zero-order valence-corrected chi connectivity index (χ0v) is 15.8. The van der Waals surface area contributed by atoms with Crippen LogP contribution in [0.3, 0.4) is 0 Å². The number of hydrogen-bond donors (Lipinski definition) is 3. The standard InChI is InChI=1S/C22H25N3O2S/c23-22-25-19(15-28-22)14-21(27)24-18-12-10-16(11-13-18)6-4-5-9-20(26)17-7-2-1-3-8-17/h1-3,7-8,10-13,15,20,26H,4-6,9,14H2,(H2,23,25)(H,24,27)/t20-/m0/s1/i4D2,6D2,9D2,20D. The van der Waals surface area contributed by atoms with Crippen LogP contribution in [0.4, 0.5) is 10.8 Å². The molecule has 1 amide bonds. The summed E-state index contributed by atoms with van der Waals surface area (Å²) in [5.74, 6) is -0.356. The molecule has 0 aliphatic heterocycles. The van der Waals surface area contributed by atoms with E-state index in [0.29, 0.717) is 16.5 Å². The maximum Gasteiger partial charge on any atom is 0.230 e. The number of carbonyl (C=O) groups excluding carboxylic acids is 1. The van der Waals surface area contributed by atoms with Crippen LogP contribution in [-0.2, 0) is 17.6 Å². The van der Waals surface area contributed by atoms with E-state index in [4.69, 9.17) is 15.3 Å². The van der Waals surface area contributed by atoms with Gasteiger partial charge in [-0.15, -0.1) is 11.3 Å². The molecule has 1 aromatic heterocycles. The lowest BCUT2D eigenvalue weighted by Gasteiger charge is -2.10. The molecule has 2 aromatic carbocycles. The molecular formula is C22H25N3O2S. The minimum absolute atomic E-state index is 0.00532. The molecule has 5 nitrogen and oxygen atoms in total. The third kappa shape index (κ3) is 6.18. The van der Waals surface area contributed by atoms with E-state index < -0.39 is 31.6 Å². The highest BCUT2D eigenvalue weighted by molar-refractivity contribution is 7.13. The summed E-state index contributed by atoms with van der Waals surface area (Å²) < 4.78 is 58.1. The van der Waals surface area contributed by atoms with Crippen LogP contribution in [0.15, 0.2) is 60.0 Å². The van der Waals surface area contributed by atoms with Crippen LogP contribution in [-0.4, -0.2) is 16.0 Å². The van der Waals surface area contributed by atoms with Gasteiger partial charge in [0.25, 0.3) is 0 Å². The van der Waals surface area contributed by atoms with Gasteiger partial charge in [-0.1, -0.05) is 48.9 Å². The minimum atomic E-state index is -2.82. The van der Waals surface area contributed by atoms with E-state index in [0.717, 1.165) is 0 Å². The number of nitrogens with zero attached hydrogens (tertiary/aromatic N) is 1. The van der Waals surface area contributed by atoms with E-state index in [2.05, 4.69) is 10.3 Å². The summed E-state index contributed by atoms with van der Waals surface area (Å²) in [5.41, 5.74) is 6.28. The maximum absolute atomic E-state index is 12.2. The molecule has 0 saturated heterocycles. The fraction of sp³-hybridized carbons (Fsp3) is 0.273. The average Bonchev–Trinajstić information content (AvgIpc) is 3.18. The first-order chi connectivity index (χ1) is 16.2. The Morgan fingerprint density at radius 3 is 2.68 bits per heavy atom. The number of aliphatic hydroxyl groups is 1. The summed E-state index contributed by atoms with van der Waals surface area (Å²) in [4.78, 5) is 16.2. The van der Waals surface area contributed by atoms with Crippen molar-refractivity contribution >= 4 is 28.1 Å². The molecular weight excluding hydrogens is 370 g/mol. The van der Waals surface area contributed by atoms with Crippen molar-refractivity contribution in [2.24, 2.45) is 0 Å². The lowest BCUT2D eigenvalue weighted by atomic mass is 10.0. The number of aryl methyl sites for hydroxylation is 1. The van der Waals surface area contributed by atoms with Crippen molar-refractivity contribution in [3.05, 3.63) is 76.8 Å². The van der Waals surface area contributed by atoms with Crippen LogP contribution in [0.5, 0.6) is 0 Å². The molecule has 0 spiro atoms. The van der Waals surface area contributed by atoms with Gasteiger partial charge >= 0.3 is 0 Å². The predicted molar refractivity (Wildman–Crippen MR) is 114 cm³/mol. The fourth-order valence-corrected chi connectivity index (χ4v) is 2.95. The lowest BCUT2D eigenvalue weighted by Crippen LogP contribution is -2.14. The number of nitrogen functional groups attached to an aromatic ring is 1. The molecule has 0 saturated carbocycles. The molecule has 0 unspecified atom stereocenters. The molecule has 28 heavy (non-hydrogen) atoms. The highest BCUT2D eigenvalue weighted by Crippen LogP contribution is 2.20. The van der Waals surface area contributed by atoms with Gasteiger partial charge in [-0.2, -0.15) is 0 Å². The van der Waals surface area contributed by atoms with Crippen LogP contribution in [0.25, 0.3) is 0 Å². The van der Waals surface area contributed by atoms with Crippen LogP contribution in [0.1, 0.15) is 51.7 Å². The first-order valence-corrected chi connectivity index (χ1v) is 9.42. The van der Waals surface area contributed by atoms with Gasteiger partial charge in [0.05, 0.1) is 19.6 Å². The van der Waals surface area contributed by atoms with Crippen molar-refractivity contribution in [1.29, 1.82) is 0 Å². The fourth-order valence-electron chi connectivity index (χ4n) is 2.38. The zero-order chi connectivity index (χ0) is 26.1. The SMILES string of the molecule is [2H]C([2H])(CC([2H])([2H])[C@]([2H])(O)c1ccccc1)C([2H])([2H])c1ccc(NC(=O)Cc2csc(N)n2)cc1. The molecule has 6 heteroatoms.